The van der Waals surface area contributed by atoms with E-state index in [9.17, 15) is 0 Å². The van der Waals surface area contributed by atoms with Crippen molar-refractivity contribution in [2.45, 2.75) is 51.1 Å². The standard InChI is InChI=1S/C19H26N4O/c1-13(14-4-5-14)23(16-8-10-17(24-3)11-9-16)12-18-20-21-19(22(18)2)15-6-7-15/h8-11,13-15H,4-7,12H2,1-3H3/t13-/m1/s1. The molecule has 2 aromatic rings. The predicted molar refractivity (Wildman–Crippen MR) is 94.3 cm³/mol. The van der Waals surface area contributed by atoms with Crippen LogP contribution in [0.1, 0.15) is 50.2 Å². The molecule has 1 aromatic heterocycles. The van der Waals surface area contributed by atoms with Crippen molar-refractivity contribution < 1.29 is 4.74 Å². The zero-order valence-electron chi connectivity index (χ0n) is 14.8. The van der Waals surface area contributed by atoms with Crippen molar-refractivity contribution in [1.82, 2.24) is 14.8 Å². The van der Waals surface area contributed by atoms with Crippen LogP contribution in [0.15, 0.2) is 24.3 Å². The van der Waals surface area contributed by atoms with E-state index >= 15 is 0 Å². The molecule has 128 valence electrons. The Kier molecular flexibility index (Phi) is 3.94. The summed E-state index contributed by atoms with van der Waals surface area (Å²) in [4.78, 5) is 2.47. The molecule has 2 aliphatic carbocycles. The average Bonchev–Trinajstić information content (AvgIpc) is 3.51. The largest absolute Gasteiger partial charge is 0.497 e. The molecule has 0 spiro atoms. The third-order valence-electron chi connectivity index (χ3n) is 5.45. The molecule has 0 aliphatic heterocycles. The Labute approximate surface area is 143 Å². The van der Waals surface area contributed by atoms with Crippen LogP contribution in [0.4, 0.5) is 5.69 Å². The number of aromatic nitrogens is 3. The number of methoxy groups -OCH3 is 1. The Morgan fingerprint density at radius 2 is 1.88 bits per heavy atom. The van der Waals surface area contributed by atoms with Crippen LogP contribution in [0.3, 0.4) is 0 Å². The molecule has 0 amide bonds. The molecular weight excluding hydrogens is 300 g/mol. The van der Waals surface area contributed by atoms with Crippen LogP contribution >= 0.6 is 0 Å². The second-order valence-electron chi connectivity index (χ2n) is 7.21. The SMILES string of the molecule is COc1ccc(N(Cc2nnc(C3CC3)n2C)[C@H](C)C2CC2)cc1. The van der Waals surface area contributed by atoms with Gasteiger partial charge in [-0.3, -0.25) is 0 Å². The molecule has 0 N–H and O–H groups in total. The van der Waals surface area contributed by atoms with E-state index in [1.54, 1.807) is 7.11 Å². The maximum absolute atomic E-state index is 5.30. The minimum atomic E-state index is 0.513. The second kappa shape index (κ2) is 6.11. The number of anilines is 1. The van der Waals surface area contributed by atoms with E-state index in [2.05, 4.69) is 45.8 Å². The molecule has 5 nitrogen and oxygen atoms in total. The summed E-state index contributed by atoms with van der Waals surface area (Å²) in [6.45, 7) is 3.14. The van der Waals surface area contributed by atoms with Gasteiger partial charge in [-0.25, -0.2) is 0 Å². The van der Waals surface area contributed by atoms with Crippen LogP contribution in [0.5, 0.6) is 5.75 Å². The number of hydrogen-bond acceptors (Lipinski definition) is 4. The molecule has 1 atom stereocenters. The molecule has 0 radical (unpaired) electrons. The Morgan fingerprint density at radius 3 is 2.46 bits per heavy atom. The molecule has 0 saturated heterocycles. The number of nitrogens with zero attached hydrogens (tertiary/aromatic N) is 4. The van der Waals surface area contributed by atoms with Crippen molar-refractivity contribution in [2.75, 3.05) is 12.0 Å². The van der Waals surface area contributed by atoms with E-state index in [1.165, 1.54) is 31.4 Å². The highest BCUT2D eigenvalue weighted by atomic mass is 16.5. The summed E-state index contributed by atoms with van der Waals surface area (Å²) in [5, 5.41) is 8.92. The van der Waals surface area contributed by atoms with Gasteiger partial charge in [-0.05, 0) is 62.8 Å². The summed E-state index contributed by atoms with van der Waals surface area (Å²) in [6.07, 6.45) is 5.18. The zero-order chi connectivity index (χ0) is 16.7. The summed E-state index contributed by atoms with van der Waals surface area (Å²) >= 11 is 0. The normalized spacial score (nSPS) is 18.5. The maximum atomic E-state index is 5.30. The molecule has 1 aromatic carbocycles. The van der Waals surface area contributed by atoms with Crippen LogP contribution in [-0.4, -0.2) is 27.9 Å². The topological polar surface area (TPSA) is 43.2 Å². The van der Waals surface area contributed by atoms with Gasteiger partial charge in [0.25, 0.3) is 0 Å². The van der Waals surface area contributed by atoms with Crippen molar-refractivity contribution in [3.8, 4) is 5.75 Å². The van der Waals surface area contributed by atoms with E-state index in [0.717, 1.165) is 29.9 Å². The van der Waals surface area contributed by atoms with Gasteiger partial charge in [0.05, 0.1) is 13.7 Å². The quantitative estimate of drug-likeness (QED) is 0.781. The number of benzene rings is 1. The third kappa shape index (κ3) is 2.99. The first-order chi connectivity index (χ1) is 11.7. The number of hydrogen-bond donors (Lipinski definition) is 0. The monoisotopic (exact) mass is 326 g/mol. The maximum Gasteiger partial charge on any atom is 0.152 e. The summed E-state index contributed by atoms with van der Waals surface area (Å²) < 4.78 is 7.50. The van der Waals surface area contributed by atoms with Gasteiger partial charge in [0.1, 0.15) is 11.6 Å². The molecule has 2 aliphatic rings. The fraction of sp³-hybridized carbons (Fsp3) is 0.579. The first-order valence-corrected chi connectivity index (χ1v) is 8.96. The fourth-order valence-electron chi connectivity index (χ4n) is 3.44. The van der Waals surface area contributed by atoms with Crippen molar-refractivity contribution in [3.05, 3.63) is 35.9 Å². The average molecular weight is 326 g/mol. The van der Waals surface area contributed by atoms with E-state index in [1.807, 2.05) is 12.1 Å². The van der Waals surface area contributed by atoms with Gasteiger partial charge >= 0.3 is 0 Å². The van der Waals surface area contributed by atoms with E-state index in [-0.39, 0.29) is 0 Å². The Morgan fingerprint density at radius 1 is 1.17 bits per heavy atom. The summed E-state index contributed by atoms with van der Waals surface area (Å²) in [5.74, 6) is 4.53. The lowest BCUT2D eigenvalue weighted by molar-refractivity contribution is 0.414. The highest BCUT2D eigenvalue weighted by molar-refractivity contribution is 5.50. The van der Waals surface area contributed by atoms with Crippen molar-refractivity contribution in [2.24, 2.45) is 13.0 Å². The van der Waals surface area contributed by atoms with Crippen LogP contribution in [0.25, 0.3) is 0 Å². The lowest BCUT2D eigenvalue weighted by Gasteiger charge is -2.31. The highest BCUT2D eigenvalue weighted by Crippen LogP contribution is 2.40. The molecule has 0 bridgehead atoms. The first-order valence-electron chi connectivity index (χ1n) is 8.96. The van der Waals surface area contributed by atoms with Gasteiger partial charge in [-0.1, -0.05) is 0 Å². The van der Waals surface area contributed by atoms with Gasteiger partial charge in [0, 0.05) is 24.7 Å². The molecule has 0 unspecified atom stereocenters. The predicted octanol–water partition coefficient (Wildman–Crippen LogP) is 3.51. The van der Waals surface area contributed by atoms with Gasteiger partial charge < -0.3 is 14.2 Å². The fourth-order valence-corrected chi connectivity index (χ4v) is 3.44. The minimum absolute atomic E-state index is 0.513. The van der Waals surface area contributed by atoms with Gasteiger partial charge in [-0.15, -0.1) is 10.2 Å². The van der Waals surface area contributed by atoms with E-state index < -0.39 is 0 Å². The van der Waals surface area contributed by atoms with E-state index in [0.29, 0.717) is 12.0 Å². The molecule has 24 heavy (non-hydrogen) atoms. The van der Waals surface area contributed by atoms with Gasteiger partial charge in [-0.2, -0.15) is 0 Å². The molecular formula is C19H26N4O. The third-order valence-corrected chi connectivity index (χ3v) is 5.45. The first kappa shape index (κ1) is 15.5. The van der Waals surface area contributed by atoms with E-state index in [4.69, 9.17) is 4.74 Å². The van der Waals surface area contributed by atoms with Crippen LogP contribution in [0, 0.1) is 5.92 Å². The Bertz CT molecular complexity index is 701. The minimum Gasteiger partial charge on any atom is -0.497 e. The Balaban J connectivity index is 1.59. The molecule has 2 saturated carbocycles. The smallest absolute Gasteiger partial charge is 0.152 e. The molecule has 4 rings (SSSR count). The van der Waals surface area contributed by atoms with Crippen LogP contribution in [-0.2, 0) is 13.6 Å². The zero-order valence-corrected chi connectivity index (χ0v) is 14.8. The summed E-state index contributed by atoms with van der Waals surface area (Å²) in [7, 11) is 3.82. The van der Waals surface area contributed by atoms with Crippen molar-refractivity contribution >= 4 is 5.69 Å². The van der Waals surface area contributed by atoms with Gasteiger partial charge in [0.15, 0.2) is 5.82 Å². The van der Waals surface area contributed by atoms with Crippen LogP contribution < -0.4 is 9.64 Å². The second-order valence-corrected chi connectivity index (χ2v) is 7.21. The molecule has 2 fully saturated rings. The van der Waals surface area contributed by atoms with Gasteiger partial charge in [0.2, 0.25) is 0 Å². The number of ether oxygens (including phenoxy) is 1. The van der Waals surface area contributed by atoms with Crippen molar-refractivity contribution in [3.63, 3.8) is 0 Å². The highest BCUT2D eigenvalue weighted by Gasteiger charge is 2.34. The summed E-state index contributed by atoms with van der Waals surface area (Å²) in [6, 6.07) is 8.88. The Hall–Kier alpha value is -2.04. The molecule has 5 heteroatoms. The summed E-state index contributed by atoms with van der Waals surface area (Å²) in [5.41, 5.74) is 1.23. The molecule has 1 heterocycles. The lowest BCUT2D eigenvalue weighted by Crippen LogP contribution is -2.35. The van der Waals surface area contributed by atoms with Crippen LogP contribution in [0.2, 0.25) is 0 Å². The number of rotatable bonds is 7. The van der Waals surface area contributed by atoms with Crippen molar-refractivity contribution in [1.29, 1.82) is 0 Å². The lowest BCUT2D eigenvalue weighted by atomic mass is 10.1.